The third kappa shape index (κ3) is 2.72. The molecule has 0 aromatic heterocycles. The molecule has 2 fully saturated rings. The van der Waals surface area contributed by atoms with Crippen LogP contribution in [0.2, 0.25) is 0 Å². The van der Waals surface area contributed by atoms with Crippen LogP contribution >= 0.6 is 0 Å². The van der Waals surface area contributed by atoms with Crippen molar-refractivity contribution >= 4 is 23.4 Å². The zero-order chi connectivity index (χ0) is 23.0. The Morgan fingerprint density at radius 3 is 2.41 bits per heavy atom. The minimum atomic E-state index is -1.53. The van der Waals surface area contributed by atoms with Gasteiger partial charge in [-0.1, -0.05) is 12.1 Å². The quantitative estimate of drug-likeness (QED) is 0.627. The summed E-state index contributed by atoms with van der Waals surface area (Å²) in [6, 6.07) is 10.0. The van der Waals surface area contributed by atoms with Crippen LogP contribution in [0.3, 0.4) is 0 Å². The lowest BCUT2D eigenvalue weighted by Gasteiger charge is -2.34. The van der Waals surface area contributed by atoms with Gasteiger partial charge in [0, 0.05) is 22.8 Å². The lowest BCUT2D eigenvalue weighted by atomic mass is 9.76. The number of carbonyl (C=O) groups excluding carboxylic acids is 3. The summed E-state index contributed by atoms with van der Waals surface area (Å²) in [6.45, 7) is 5.34. The third-order valence-corrected chi connectivity index (χ3v) is 6.74. The van der Waals surface area contributed by atoms with Gasteiger partial charge in [0.15, 0.2) is 0 Å². The Morgan fingerprint density at radius 2 is 1.75 bits per heavy atom. The molecule has 3 N–H and O–H groups in total. The molecule has 0 saturated carbocycles. The molecule has 3 aliphatic rings. The molecular formula is C24H24FN3O4. The van der Waals surface area contributed by atoms with E-state index < -0.39 is 46.6 Å². The van der Waals surface area contributed by atoms with Gasteiger partial charge in [-0.2, -0.15) is 0 Å². The fourth-order valence-corrected chi connectivity index (χ4v) is 5.50. The summed E-state index contributed by atoms with van der Waals surface area (Å²) < 4.78 is 14.2. The maximum absolute atomic E-state index is 14.2. The average Bonchev–Trinajstić information content (AvgIpc) is 3.28. The van der Waals surface area contributed by atoms with E-state index in [1.54, 1.807) is 45.0 Å². The van der Waals surface area contributed by atoms with Gasteiger partial charge in [0.25, 0.3) is 0 Å². The number of likely N-dealkylation sites (tertiary alicyclic amines) is 1. The number of amides is 3. The smallest absolute Gasteiger partial charge is 0.250 e. The topological polar surface area (TPSA) is 98.7 Å². The summed E-state index contributed by atoms with van der Waals surface area (Å²) in [7, 11) is 0. The highest BCUT2D eigenvalue weighted by molar-refractivity contribution is 6.15. The van der Waals surface area contributed by atoms with Crippen LogP contribution in [0.5, 0.6) is 5.75 Å². The SMILES string of the molecule is CC(C)(C)N1C(=O)[C@@H]2[C@H](Cc3ccc(O)cc3)N[C@@]3(C(=O)Nc4ccc(F)cc43)[C@H]2C1=O. The van der Waals surface area contributed by atoms with Gasteiger partial charge >= 0.3 is 0 Å². The summed E-state index contributed by atoms with van der Waals surface area (Å²) in [5.41, 5.74) is -0.674. The molecule has 3 amide bonds. The zero-order valence-corrected chi connectivity index (χ0v) is 18.0. The Labute approximate surface area is 184 Å². The average molecular weight is 437 g/mol. The van der Waals surface area contributed by atoms with E-state index in [0.29, 0.717) is 17.7 Å². The molecule has 32 heavy (non-hydrogen) atoms. The molecule has 2 saturated heterocycles. The molecule has 0 bridgehead atoms. The van der Waals surface area contributed by atoms with Gasteiger partial charge in [0.1, 0.15) is 17.1 Å². The summed E-state index contributed by atoms with van der Waals surface area (Å²) >= 11 is 0. The lowest BCUT2D eigenvalue weighted by Crippen LogP contribution is -2.56. The second-order valence-corrected chi connectivity index (χ2v) is 9.76. The Bertz CT molecular complexity index is 1160. The van der Waals surface area contributed by atoms with Gasteiger partial charge in [-0.05, 0) is 63.1 Å². The largest absolute Gasteiger partial charge is 0.508 e. The number of nitrogens with zero attached hydrogens (tertiary/aromatic N) is 1. The number of nitrogens with one attached hydrogen (secondary N) is 2. The predicted octanol–water partition coefficient (Wildman–Crippen LogP) is 2.29. The molecule has 5 rings (SSSR count). The van der Waals surface area contributed by atoms with Crippen LogP contribution in [0.4, 0.5) is 10.1 Å². The third-order valence-electron chi connectivity index (χ3n) is 6.74. The summed E-state index contributed by atoms with van der Waals surface area (Å²) in [5, 5.41) is 15.7. The molecular weight excluding hydrogens is 413 g/mol. The van der Waals surface area contributed by atoms with Crippen molar-refractivity contribution in [1.29, 1.82) is 0 Å². The number of hydrogen-bond donors (Lipinski definition) is 3. The fourth-order valence-electron chi connectivity index (χ4n) is 5.50. The second-order valence-electron chi connectivity index (χ2n) is 9.76. The Balaban J connectivity index is 1.66. The van der Waals surface area contributed by atoms with E-state index in [-0.39, 0.29) is 11.7 Å². The van der Waals surface area contributed by atoms with Gasteiger partial charge in [0.2, 0.25) is 17.7 Å². The molecule has 0 aliphatic carbocycles. The monoisotopic (exact) mass is 437 g/mol. The van der Waals surface area contributed by atoms with Crippen LogP contribution in [-0.2, 0) is 26.3 Å². The molecule has 1 spiro atoms. The first-order valence-corrected chi connectivity index (χ1v) is 10.6. The molecule has 0 radical (unpaired) electrons. The highest BCUT2D eigenvalue weighted by Crippen LogP contribution is 2.54. The highest BCUT2D eigenvalue weighted by atomic mass is 19.1. The van der Waals surface area contributed by atoms with Crippen LogP contribution in [0, 0.1) is 17.7 Å². The molecule has 7 nitrogen and oxygen atoms in total. The van der Waals surface area contributed by atoms with Gasteiger partial charge < -0.3 is 10.4 Å². The number of anilines is 1. The van der Waals surface area contributed by atoms with Crippen molar-refractivity contribution in [3.8, 4) is 5.75 Å². The number of hydrogen-bond acceptors (Lipinski definition) is 5. The summed E-state index contributed by atoms with van der Waals surface area (Å²) in [4.78, 5) is 41.8. The number of carbonyl (C=O) groups is 3. The molecule has 2 aromatic rings. The number of rotatable bonds is 2. The molecule has 3 heterocycles. The first-order valence-electron chi connectivity index (χ1n) is 10.6. The molecule has 8 heteroatoms. The fraction of sp³-hybridized carbons (Fsp3) is 0.375. The minimum Gasteiger partial charge on any atom is -0.508 e. The highest BCUT2D eigenvalue weighted by Gasteiger charge is 2.71. The zero-order valence-electron chi connectivity index (χ0n) is 18.0. The van der Waals surface area contributed by atoms with Gasteiger partial charge in [-0.15, -0.1) is 0 Å². The molecule has 166 valence electrons. The van der Waals surface area contributed by atoms with Gasteiger partial charge in [-0.3, -0.25) is 24.6 Å². The number of halogens is 1. The van der Waals surface area contributed by atoms with E-state index in [0.717, 1.165) is 5.56 Å². The van der Waals surface area contributed by atoms with E-state index in [4.69, 9.17) is 0 Å². The van der Waals surface area contributed by atoms with E-state index in [1.807, 2.05) is 0 Å². The maximum Gasteiger partial charge on any atom is 0.250 e. The van der Waals surface area contributed by atoms with Crippen molar-refractivity contribution in [3.05, 3.63) is 59.4 Å². The van der Waals surface area contributed by atoms with Gasteiger partial charge in [0.05, 0.1) is 11.8 Å². The van der Waals surface area contributed by atoms with E-state index >= 15 is 0 Å². The number of benzene rings is 2. The van der Waals surface area contributed by atoms with Crippen molar-refractivity contribution in [2.45, 2.75) is 44.3 Å². The number of phenolic OH excluding ortho intramolecular Hbond substituents is 1. The normalized spacial score (nSPS) is 28.9. The van der Waals surface area contributed by atoms with Crippen LogP contribution in [0.25, 0.3) is 0 Å². The van der Waals surface area contributed by atoms with Crippen molar-refractivity contribution in [2.24, 2.45) is 11.8 Å². The molecule has 0 unspecified atom stereocenters. The first kappa shape index (κ1) is 20.6. The van der Waals surface area contributed by atoms with Crippen LogP contribution < -0.4 is 10.6 Å². The lowest BCUT2D eigenvalue weighted by molar-refractivity contribution is -0.147. The molecule has 3 aliphatic heterocycles. The summed E-state index contributed by atoms with van der Waals surface area (Å²) in [6.07, 6.45) is 0.359. The van der Waals surface area contributed by atoms with E-state index in [2.05, 4.69) is 10.6 Å². The molecule has 2 aromatic carbocycles. The Morgan fingerprint density at radius 1 is 1.06 bits per heavy atom. The van der Waals surface area contributed by atoms with Crippen LogP contribution in [-0.4, -0.2) is 39.3 Å². The predicted molar refractivity (Wildman–Crippen MR) is 114 cm³/mol. The van der Waals surface area contributed by atoms with E-state index in [9.17, 15) is 23.9 Å². The first-order chi connectivity index (χ1) is 15.0. The Kier molecular flexibility index (Phi) is 4.27. The summed E-state index contributed by atoms with van der Waals surface area (Å²) in [5.74, 6) is -3.40. The number of aromatic hydroxyl groups is 1. The number of fused-ring (bicyclic) bond motifs is 4. The molecule has 4 atom stereocenters. The van der Waals surface area contributed by atoms with Crippen molar-refractivity contribution < 1.29 is 23.9 Å². The minimum absolute atomic E-state index is 0.119. The van der Waals surface area contributed by atoms with Crippen molar-refractivity contribution in [1.82, 2.24) is 10.2 Å². The maximum atomic E-state index is 14.2. The van der Waals surface area contributed by atoms with E-state index in [1.165, 1.54) is 23.1 Å². The number of phenols is 1. The Hall–Kier alpha value is -3.26. The van der Waals surface area contributed by atoms with Crippen molar-refractivity contribution in [2.75, 3.05) is 5.32 Å². The van der Waals surface area contributed by atoms with Crippen LogP contribution in [0.15, 0.2) is 42.5 Å². The number of imide groups is 1. The van der Waals surface area contributed by atoms with Crippen LogP contribution in [0.1, 0.15) is 31.9 Å². The van der Waals surface area contributed by atoms with Gasteiger partial charge in [-0.25, -0.2) is 4.39 Å². The standard InChI is InChI=1S/C24H24FN3O4/c1-23(2,3)28-20(30)18-17(10-12-4-7-14(29)8-5-12)27-24(19(18)21(28)31)15-11-13(25)6-9-16(15)26-22(24)32/h4-9,11,17-19,27,29H,10H2,1-3H3,(H,26,32)/t17-,18+,19+,24+/m0/s1. The second kappa shape index (κ2) is 6.62. The van der Waals surface area contributed by atoms with Crippen molar-refractivity contribution in [3.63, 3.8) is 0 Å².